The molecule has 1 saturated carbocycles. The second-order valence-electron chi connectivity index (χ2n) is 12.2. The number of oxime groups is 1. The van der Waals surface area contributed by atoms with Crippen molar-refractivity contribution in [3.05, 3.63) is 64.1 Å². The predicted octanol–water partition coefficient (Wildman–Crippen LogP) is -0.118. The fourth-order valence-electron chi connectivity index (χ4n) is 6.18. The molecule has 0 aromatic carbocycles. The monoisotopic (exact) mass is 725 g/mol. The number of amides is 4. The number of aliphatic carboxylic acids is 1. The van der Waals surface area contributed by atoms with Gasteiger partial charge < -0.3 is 36.3 Å². The highest BCUT2D eigenvalue weighted by Gasteiger charge is 2.54. The molecule has 0 bridgehead atoms. The van der Waals surface area contributed by atoms with Gasteiger partial charge in [0.25, 0.3) is 17.7 Å². The van der Waals surface area contributed by atoms with Gasteiger partial charge in [-0.05, 0) is 49.3 Å². The lowest BCUT2D eigenvalue weighted by Gasteiger charge is -2.49. The molecule has 5 heterocycles. The van der Waals surface area contributed by atoms with Crippen LogP contribution < -0.4 is 20.9 Å². The van der Waals surface area contributed by atoms with E-state index in [0.717, 1.165) is 47.5 Å². The van der Waals surface area contributed by atoms with Crippen LogP contribution in [0.2, 0.25) is 0 Å². The molecule has 6 N–H and O–H groups in total. The molecule has 0 spiro atoms. The number of nitrogens with one attached hydrogen (secondary N) is 2. The number of aliphatic hydroxyl groups is 1. The van der Waals surface area contributed by atoms with E-state index in [9.17, 15) is 29.1 Å². The molecule has 6 rings (SSSR count). The maximum absolute atomic E-state index is 13.4. The van der Waals surface area contributed by atoms with Crippen LogP contribution in [0.1, 0.15) is 43.4 Å². The number of carboxylic acids is 1. The fourth-order valence-corrected chi connectivity index (χ4v) is 8.04. The third kappa shape index (κ3) is 7.66. The minimum absolute atomic E-state index is 0.0924. The number of aliphatic hydroxyl groups excluding tert-OH is 1. The van der Waals surface area contributed by atoms with E-state index in [1.54, 1.807) is 33.3 Å². The molecule has 4 aliphatic rings. The Morgan fingerprint density at radius 1 is 1.20 bits per heavy atom. The van der Waals surface area contributed by atoms with Gasteiger partial charge in [-0.1, -0.05) is 5.16 Å². The molecule has 2 atom stereocenters. The largest absolute Gasteiger partial charge is 0.477 e. The zero-order chi connectivity index (χ0) is 35.4. The number of β-lactam (4-membered cyclic amide) rings is 1. The number of fused-ring (bicyclic) bond motifs is 1. The van der Waals surface area contributed by atoms with Gasteiger partial charge in [-0.2, -0.15) is 4.57 Å². The number of nitrogen functional groups attached to an aromatic ring is 1. The van der Waals surface area contributed by atoms with E-state index in [1.165, 1.54) is 11.8 Å². The fraction of sp³-hybridized carbons (Fsp3) is 0.438. The maximum atomic E-state index is 13.4. The summed E-state index contributed by atoms with van der Waals surface area (Å²) in [6, 6.07) is 2.61. The molecule has 4 amide bonds. The van der Waals surface area contributed by atoms with Gasteiger partial charge in [0, 0.05) is 48.5 Å². The average molecular weight is 726 g/mol. The van der Waals surface area contributed by atoms with Gasteiger partial charge in [-0.3, -0.25) is 24.1 Å². The lowest BCUT2D eigenvalue weighted by Crippen LogP contribution is -2.71. The zero-order valence-electron chi connectivity index (χ0n) is 26.9. The number of carboxylic acid groups (broad SMARTS) is 1. The van der Waals surface area contributed by atoms with Gasteiger partial charge >= 0.3 is 5.97 Å². The highest BCUT2D eigenvalue weighted by atomic mass is 32.2. The average Bonchev–Trinajstić information content (AvgIpc) is 3.86. The van der Waals surface area contributed by atoms with Crippen LogP contribution in [0.5, 0.6) is 0 Å². The quantitative estimate of drug-likeness (QED) is 0.0603. The standard InChI is InChI=1S/C32H36N8O8S2/c33-32-35-22(17-50-32)24(37-48-21-3-1-2-4-21)27(43)36-25-29(45)40-26(31(46)47)20(16-49-30(25)40)13-19-7-11-39(28(19)44)14-18-5-9-38(10-6-18)15-23(42)34-8-12-41/h5-6,9-10,13,17,21,25,30,41H,1-4,7-8,11-12,14-16H2,(H4-,33,34,35,36,42,43,46,47)/p+1/t25-,30-/m1/s1. The van der Waals surface area contributed by atoms with Crippen LogP contribution in [0.3, 0.4) is 0 Å². The van der Waals surface area contributed by atoms with Gasteiger partial charge in [-0.15, -0.1) is 23.1 Å². The number of nitrogens with zero attached hydrogens (tertiary/aromatic N) is 5. The molecule has 2 aromatic heterocycles. The van der Waals surface area contributed by atoms with Crippen LogP contribution in [0.15, 0.2) is 58.0 Å². The highest BCUT2D eigenvalue weighted by Crippen LogP contribution is 2.41. The molecule has 18 heteroatoms. The van der Waals surface area contributed by atoms with E-state index in [1.807, 2.05) is 12.1 Å². The first-order chi connectivity index (χ1) is 24.1. The molecule has 3 fully saturated rings. The molecule has 50 heavy (non-hydrogen) atoms. The molecule has 16 nitrogen and oxygen atoms in total. The lowest BCUT2D eigenvalue weighted by molar-refractivity contribution is -0.684. The SMILES string of the molecule is Nc1nc(C(=NOC2CCCC2)C(=O)N[C@@H]2C(=O)N3C(C(=O)O)=C(C=C4CCN(Cc5cc[n+](CC(=O)NCCO)cc5)C4=O)CS[C@H]23)cs1. The van der Waals surface area contributed by atoms with Crippen LogP contribution in [0.4, 0.5) is 5.13 Å². The molecular weight excluding hydrogens is 689 g/mol. The number of nitrogens with two attached hydrogens (primary N) is 1. The van der Waals surface area contributed by atoms with E-state index < -0.39 is 29.2 Å². The van der Waals surface area contributed by atoms with Crippen molar-refractivity contribution in [2.75, 3.05) is 31.2 Å². The summed E-state index contributed by atoms with van der Waals surface area (Å²) in [7, 11) is 0. The van der Waals surface area contributed by atoms with Crippen molar-refractivity contribution in [2.24, 2.45) is 5.16 Å². The number of hydrogen-bond donors (Lipinski definition) is 5. The number of allylic oxidation sites excluding steroid dienone is 1. The Kier molecular flexibility index (Phi) is 10.8. The number of pyridine rings is 1. The van der Waals surface area contributed by atoms with Crippen molar-refractivity contribution >= 4 is 63.5 Å². The Labute approximate surface area is 295 Å². The third-order valence-corrected chi connectivity index (χ3v) is 10.7. The van der Waals surface area contributed by atoms with Crippen LogP contribution in [0.25, 0.3) is 0 Å². The molecule has 2 saturated heterocycles. The van der Waals surface area contributed by atoms with E-state index in [4.69, 9.17) is 15.7 Å². The Hall–Kier alpha value is -4.81. The van der Waals surface area contributed by atoms with E-state index in [-0.39, 0.29) is 65.6 Å². The van der Waals surface area contributed by atoms with Crippen molar-refractivity contribution < 1.29 is 43.6 Å². The second kappa shape index (κ2) is 15.4. The highest BCUT2D eigenvalue weighted by molar-refractivity contribution is 8.00. The first kappa shape index (κ1) is 35.0. The smallest absolute Gasteiger partial charge is 0.352 e. The van der Waals surface area contributed by atoms with Gasteiger partial charge in [-0.25, -0.2) is 9.78 Å². The first-order valence-electron chi connectivity index (χ1n) is 16.2. The normalized spacial score (nSPS) is 21.8. The summed E-state index contributed by atoms with van der Waals surface area (Å²) in [5.74, 6) is -2.85. The zero-order valence-corrected chi connectivity index (χ0v) is 28.6. The van der Waals surface area contributed by atoms with Crippen LogP contribution in [0, 0.1) is 0 Å². The number of carbonyl (C=O) groups excluding carboxylic acids is 4. The third-order valence-electron chi connectivity index (χ3n) is 8.72. The molecule has 2 aromatic rings. The predicted molar refractivity (Wildman–Crippen MR) is 181 cm³/mol. The first-order valence-corrected chi connectivity index (χ1v) is 18.1. The minimum atomic E-state index is -1.31. The summed E-state index contributed by atoms with van der Waals surface area (Å²) in [4.78, 5) is 77.1. The molecule has 3 aliphatic heterocycles. The van der Waals surface area contributed by atoms with Crippen molar-refractivity contribution in [3.63, 3.8) is 0 Å². The summed E-state index contributed by atoms with van der Waals surface area (Å²) >= 11 is 2.43. The van der Waals surface area contributed by atoms with Crippen LogP contribution in [-0.4, -0.2) is 103 Å². The summed E-state index contributed by atoms with van der Waals surface area (Å²) < 4.78 is 1.68. The van der Waals surface area contributed by atoms with Crippen molar-refractivity contribution in [2.45, 2.75) is 62.7 Å². The Morgan fingerprint density at radius 2 is 1.96 bits per heavy atom. The van der Waals surface area contributed by atoms with E-state index in [0.29, 0.717) is 30.7 Å². The Morgan fingerprint density at radius 3 is 2.64 bits per heavy atom. The van der Waals surface area contributed by atoms with Crippen molar-refractivity contribution in [3.8, 4) is 0 Å². The molecule has 0 radical (unpaired) electrons. The van der Waals surface area contributed by atoms with Gasteiger partial charge in [0.15, 0.2) is 23.2 Å². The summed E-state index contributed by atoms with van der Waals surface area (Å²) in [6.07, 6.45) is 8.97. The molecular formula is C32H37N8O8S2+. The van der Waals surface area contributed by atoms with Gasteiger partial charge in [0.2, 0.25) is 12.5 Å². The Balaban J connectivity index is 1.11. The molecule has 0 unspecified atom stereocenters. The van der Waals surface area contributed by atoms with Crippen molar-refractivity contribution in [1.29, 1.82) is 0 Å². The second-order valence-corrected chi connectivity index (χ2v) is 14.2. The van der Waals surface area contributed by atoms with Gasteiger partial charge in [0.05, 0.1) is 6.61 Å². The van der Waals surface area contributed by atoms with Crippen LogP contribution in [-0.2, 0) is 41.9 Å². The number of likely N-dealkylation sites (tertiary alicyclic amines) is 1. The number of rotatable bonds is 13. The molecule has 1 aliphatic carbocycles. The van der Waals surface area contributed by atoms with Crippen molar-refractivity contribution in [1.82, 2.24) is 25.4 Å². The lowest BCUT2D eigenvalue weighted by atomic mass is 10.0. The number of thiazole rings is 1. The van der Waals surface area contributed by atoms with Gasteiger partial charge in [0.1, 0.15) is 28.9 Å². The number of aromatic nitrogens is 2. The number of thioether (sulfide) groups is 1. The summed E-state index contributed by atoms with van der Waals surface area (Å²) in [5.41, 5.74) is 7.30. The number of carbonyl (C=O) groups is 5. The minimum Gasteiger partial charge on any atom is -0.477 e. The topological polar surface area (TPSA) is 221 Å². The Bertz CT molecular complexity index is 1770. The van der Waals surface area contributed by atoms with E-state index >= 15 is 0 Å². The number of anilines is 1. The maximum Gasteiger partial charge on any atom is 0.352 e. The van der Waals surface area contributed by atoms with Crippen LogP contribution >= 0.6 is 23.1 Å². The van der Waals surface area contributed by atoms with E-state index in [2.05, 4.69) is 20.8 Å². The number of hydrogen-bond acceptors (Lipinski definition) is 12. The molecule has 264 valence electrons. The summed E-state index contributed by atoms with van der Waals surface area (Å²) in [5, 5.41) is 29.5. The summed E-state index contributed by atoms with van der Waals surface area (Å²) in [6.45, 7) is 0.893.